The summed E-state index contributed by atoms with van der Waals surface area (Å²) in [5.41, 5.74) is 4.38. The highest BCUT2D eigenvalue weighted by Crippen LogP contribution is 2.30. The third kappa shape index (κ3) is 7.76. The van der Waals surface area contributed by atoms with Crippen molar-refractivity contribution >= 4 is 34.8 Å². The van der Waals surface area contributed by atoms with Crippen LogP contribution in [0.1, 0.15) is 22.3 Å². The number of rotatable bonds is 12. The van der Waals surface area contributed by atoms with Crippen LogP contribution in [-0.4, -0.2) is 100 Å². The number of piperazine rings is 1. The number of nitrogens with one attached hydrogen (secondary N) is 2. The standard InChI is InChI=1S/C39H40N10O5/c1-2-19-46-26-36(52)48-33(20-27-11-13-31(50)14-12-27)38(53)45(25-35(48)49(46)39(54)42-22-28-7-4-3-5-8-28)23-30-9-6-10-32-37(30)43-44-47(32)24-34(51)41-21-29-15-17-40-18-16-29/h2-18,33,35,50H,1,19-26H2,(H,41,51)(H,42,54)/t33-,35-/m0/s1. The minimum Gasteiger partial charge on any atom is -0.508 e. The molecule has 2 fully saturated rings. The van der Waals surface area contributed by atoms with E-state index in [1.807, 2.05) is 60.7 Å². The summed E-state index contributed by atoms with van der Waals surface area (Å²) in [6.07, 6.45) is 4.27. The Bertz CT molecular complexity index is 2140. The van der Waals surface area contributed by atoms with Gasteiger partial charge in [-0.3, -0.25) is 19.4 Å². The van der Waals surface area contributed by atoms with E-state index < -0.39 is 18.2 Å². The van der Waals surface area contributed by atoms with E-state index in [0.717, 1.165) is 16.7 Å². The quantitative estimate of drug-likeness (QED) is 0.164. The zero-order valence-corrected chi connectivity index (χ0v) is 29.5. The molecule has 0 radical (unpaired) electrons. The number of benzene rings is 3. The third-order valence-electron chi connectivity index (χ3n) is 9.55. The smallest absolute Gasteiger partial charge is 0.334 e. The van der Waals surface area contributed by atoms with Gasteiger partial charge in [0.1, 0.15) is 30.0 Å². The molecule has 2 aliphatic rings. The lowest BCUT2D eigenvalue weighted by Gasteiger charge is -2.55. The Morgan fingerprint density at radius 1 is 0.889 bits per heavy atom. The molecule has 5 amide bonds. The van der Waals surface area contributed by atoms with Crippen molar-refractivity contribution in [2.75, 3.05) is 19.6 Å². The molecule has 2 atom stereocenters. The molecule has 4 heterocycles. The summed E-state index contributed by atoms with van der Waals surface area (Å²) < 4.78 is 1.51. The third-order valence-corrected chi connectivity index (χ3v) is 9.55. The molecule has 0 bridgehead atoms. The lowest BCUT2D eigenvalue weighted by molar-refractivity contribution is -0.189. The molecule has 54 heavy (non-hydrogen) atoms. The molecule has 0 aliphatic carbocycles. The Hall–Kier alpha value is -6.61. The minimum absolute atomic E-state index is 0.0188. The maximum atomic E-state index is 14.5. The van der Waals surface area contributed by atoms with Gasteiger partial charge in [0, 0.05) is 50.6 Å². The number of fused-ring (bicyclic) bond motifs is 2. The van der Waals surface area contributed by atoms with E-state index in [1.54, 1.807) is 40.5 Å². The fourth-order valence-corrected chi connectivity index (χ4v) is 6.95. The van der Waals surface area contributed by atoms with Gasteiger partial charge in [0.2, 0.25) is 17.7 Å². The van der Waals surface area contributed by atoms with Crippen molar-refractivity contribution in [3.8, 4) is 5.75 Å². The first-order valence-corrected chi connectivity index (χ1v) is 17.6. The zero-order chi connectivity index (χ0) is 37.6. The number of aromatic hydroxyl groups is 1. The summed E-state index contributed by atoms with van der Waals surface area (Å²) in [5.74, 6) is -0.757. The van der Waals surface area contributed by atoms with Crippen LogP contribution in [-0.2, 0) is 47.0 Å². The average molecular weight is 729 g/mol. The molecular weight excluding hydrogens is 688 g/mol. The van der Waals surface area contributed by atoms with E-state index in [-0.39, 0.29) is 69.2 Å². The van der Waals surface area contributed by atoms with Crippen LogP contribution in [0.5, 0.6) is 5.75 Å². The van der Waals surface area contributed by atoms with Crippen molar-refractivity contribution in [1.29, 1.82) is 0 Å². The minimum atomic E-state index is -0.949. The van der Waals surface area contributed by atoms with E-state index in [2.05, 4.69) is 32.5 Å². The van der Waals surface area contributed by atoms with Gasteiger partial charge in [-0.25, -0.2) is 19.5 Å². The second-order valence-electron chi connectivity index (χ2n) is 13.2. The van der Waals surface area contributed by atoms with E-state index in [1.165, 1.54) is 26.7 Å². The number of aromatic nitrogens is 4. The molecule has 2 saturated heterocycles. The topological polar surface area (TPSA) is 169 Å². The SMILES string of the molecule is C=CCN1CC(=O)N2[C@@H](Cc3ccc(O)cc3)C(=O)N(Cc3cccc4c3nnn4CC(=O)NCc3ccncc3)C[C@@H]2N1C(=O)NCc1ccccc1. The first-order valence-electron chi connectivity index (χ1n) is 17.6. The molecule has 15 nitrogen and oxygen atoms in total. The first kappa shape index (κ1) is 35.8. The highest BCUT2D eigenvalue weighted by atomic mass is 16.3. The van der Waals surface area contributed by atoms with Gasteiger partial charge in [0.15, 0.2) is 0 Å². The van der Waals surface area contributed by atoms with Crippen molar-refractivity contribution in [3.05, 3.63) is 132 Å². The average Bonchev–Trinajstić information content (AvgIpc) is 3.59. The van der Waals surface area contributed by atoms with Gasteiger partial charge in [0.25, 0.3) is 0 Å². The number of phenols is 1. The van der Waals surface area contributed by atoms with E-state index in [9.17, 15) is 24.3 Å². The van der Waals surface area contributed by atoms with Crippen LogP contribution >= 0.6 is 0 Å². The van der Waals surface area contributed by atoms with Crippen molar-refractivity contribution in [2.24, 2.45) is 0 Å². The van der Waals surface area contributed by atoms with Gasteiger partial charge in [-0.05, 0) is 47.0 Å². The van der Waals surface area contributed by atoms with E-state index >= 15 is 0 Å². The summed E-state index contributed by atoms with van der Waals surface area (Å²) in [6, 6.07) is 23.8. The van der Waals surface area contributed by atoms with Gasteiger partial charge in [-0.1, -0.05) is 65.9 Å². The first-order chi connectivity index (χ1) is 26.3. The van der Waals surface area contributed by atoms with Gasteiger partial charge in [-0.2, -0.15) is 0 Å². The predicted octanol–water partition coefficient (Wildman–Crippen LogP) is 2.58. The van der Waals surface area contributed by atoms with Crippen molar-refractivity contribution in [3.63, 3.8) is 0 Å². The van der Waals surface area contributed by atoms with Gasteiger partial charge in [0.05, 0.1) is 18.6 Å². The Morgan fingerprint density at radius 2 is 1.63 bits per heavy atom. The molecule has 3 N–H and O–H groups in total. The van der Waals surface area contributed by atoms with Crippen LogP contribution in [0.4, 0.5) is 4.79 Å². The van der Waals surface area contributed by atoms with Crippen LogP contribution in [0.25, 0.3) is 11.0 Å². The van der Waals surface area contributed by atoms with Crippen molar-refractivity contribution < 1.29 is 24.3 Å². The molecule has 276 valence electrons. The lowest BCUT2D eigenvalue weighted by Crippen LogP contribution is -2.76. The number of hydrogen-bond acceptors (Lipinski definition) is 9. The lowest BCUT2D eigenvalue weighted by atomic mass is 9.98. The fraction of sp³-hybridized carbons (Fsp3) is 0.256. The number of hydrazine groups is 1. The van der Waals surface area contributed by atoms with Crippen molar-refractivity contribution in [2.45, 2.75) is 44.8 Å². The number of carbonyl (C=O) groups excluding carboxylic acids is 4. The van der Waals surface area contributed by atoms with Crippen molar-refractivity contribution in [1.82, 2.24) is 50.4 Å². The second kappa shape index (κ2) is 16.0. The van der Waals surface area contributed by atoms with E-state index in [4.69, 9.17) is 0 Å². The highest BCUT2D eigenvalue weighted by molar-refractivity contribution is 5.92. The van der Waals surface area contributed by atoms with Crippen LogP contribution in [0.15, 0.2) is 110 Å². The number of hydrogen-bond donors (Lipinski definition) is 3. The number of phenolic OH excluding ortho intramolecular Hbond substituents is 1. The number of pyridine rings is 1. The Kier molecular flexibility index (Phi) is 10.6. The number of amides is 5. The second-order valence-corrected chi connectivity index (χ2v) is 13.2. The van der Waals surface area contributed by atoms with Gasteiger partial charge < -0.3 is 25.5 Å². The number of nitrogens with zero attached hydrogens (tertiary/aromatic N) is 8. The Balaban J connectivity index is 1.17. The van der Waals surface area contributed by atoms with Gasteiger partial charge >= 0.3 is 6.03 Å². The summed E-state index contributed by atoms with van der Waals surface area (Å²) >= 11 is 0. The summed E-state index contributed by atoms with van der Waals surface area (Å²) in [4.78, 5) is 62.6. The zero-order valence-electron chi connectivity index (χ0n) is 29.5. The molecule has 7 rings (SSSR count). The fourth-order valence-electron chi connectivity index (χ4n) is 6.95. The highest BCUT2D eigenvalue weighted by Gasteiger charge is 2.51. The molecule has 2 aromatic heterocycles. The molecule has 0 saturated carbocycles. The molecule has 5 aromatic rings. The summed E-state index contributed by atoms with van der Waals surface area (Å²) in [7, 11) is 0. The normalized spacial score (nSPS) is 17.4. The number of carbonyl (C=O) groups is 4. The molecule has 15 heteroatoms. The molecule has 0 unspecified atom stereocenters. The molecule has 3 aromatic carbocycles. The Labute approximate surface area is 311 Å². The monoisotopic (exact) mass is 728 g/mol. The van der Waals surface area contributed by atoms with Gasteiger partial charge in [-0.15, -0.1) is 11.7 Å². The van der Waals surface area contributed by atoms with Crippen LogP contribution in [0, 0.1) is 0 Å². The largest absolute Gasteiger partial charge is 0.508 e. The molecule has 0 spiro atoms. The molecular formula is C39H40N10O5. The number of urea groups is 1. The van der Waals surface area contributed by atoms with Crippen LogP contribution in [0.2, 0.25) is 0 Å². The van der Waals surface area contributed by atoms with Crippen LogP contribution in [0.3, 0.4) is 0 Å². The summed E-state index contributed by atoms with van der Waals surface area (Å²) in [6.45, 7) is 4.62. The maximum Gasteiger partial charge on any atom is 0.334 e. The summed E-state index contributed by atoms with van der Waals surface area (Å²) in [5, 5.41) is 27.7. The van der Waals surface area contributed by atoms with E-state index in [0.29, 0.717) is 23.1 Å². The predicted molar refractivity (Wildman–Crippen MR) is 198 cm³/mol. The molecule has 2 aliphatic heterocycles. The maximum absolute atomic E-state index is 14.5. The van der Waals surface area contributed by atoms with Crippen LogP contribution < -0.4 is 10.6 Å². The Morgan fingerprint density at radius 3 is 2.39 bits per heavy atom.